The second kappa shape index (κ2) is 7.60. The summed E-state index contributed by atoms with van der Waals surface area (Å²) in [5.74, 6) is 0.161. The van der Waals surface area contributed by atoms with E-state index in [-0.39, 0.29) is 11.8 Å². The number of para-hydroxylation sites is 2. The smallest absolute Gasteiger partial charge is 0.224 e. The number of nitrogens with one attached hydrogen (secondary N) is 3. The van der Waals surface area contributed by atoms with Crippen molar-refractivity contribution >= 4 is 39.0 Å². The Kier molecular flexibility index (Phi) is 4.66. The molecule has 3 heterocycles. The molecule has 5 heteroatoms. The van der Waals surface area contributed by atoms with Crippen LogP contribution >= 0.6 is 11.3 Å². The van der Waals surface area contributed by atoms with Crippen LogP contribution in [-0.4, -0.2) is 22.4 Å². The summed E-state index contributed by atoms with van der Waals surface area (Å²) < 4.78 is 0. The molecule has 2 aromatic carbocycles. The van der Waals surface area contributed by atoms with Crippen molar-refractivity contribution in [2.24, 2.45) is 0 Å². The predicted octanol–water partition coefficient (Wildman–Crippen LogP) is 5.20. The maximum absolute atomic E-state index is 12.7. The Morgan fingerprint density at radius 2 is 1.62 bits per heavy atom. The molecule has 0 aliphatic carbocycles. The molecule has 5 aromatic rings. The minimum absolute atomic E-state index is 0.0381. The van der Waals surface area contributed by atoms with E-state index in [1.807, 2.05) is 30.5 Å². The van der Waals surface area contributed by atoms with Gasteiger partial charge in [0.05, 0.1) is 6.42 Å². The summed E-state index contributed by atoms with van der Waals surface area (Å²) in [6.45, 7) is 0.573. The Bertz CT molecular complexity index is 1270. The van der Waals surface area contributed by atoms with Gasteiger partial charge < -0.3 is 15.3 Å². The summed E-state index contributed by atoms with van der Waals surface area (Å²) >= 11 is 1.73. The number of aromatic amines is 2. The summed E-state index contributed by atoms with van der Waals surface area (Å²) in [4.78, 5) is 20.6. The third-order valence-electron chi connectivity index (χ3n) is 5.41. The van der Waals surface area contributed by atoms with Crippen LogP contribution in [0.5, 0.6) is 0 Å². The highest BCUT2D eigenvalue weighted by Gasteiger charge is 2.20. The molecule has 144 valence electrons. The third kappa shape index (κ3) is 3.45. The molecule has 1 amide bonds. The molecule has 4 nitrogen and oxygen atoms in total. The highest BCUT2D eigenvalue weighted by molar-refractivity contribution is 7.10. The van der Waals surface area contributed by atoms with E-state index >= 15 is 0 Å². The van der Waals surface area contributed by atoms with Gasteiger partial charge in [-0.15, -0.1) is 11.3 Å². The molecule has 5 rings (SSSR count). The van der Waals surface area contributed by atoms with Crippen LogP contribution in [-0.2, 0) is 11.2 Å². The number of hydrogen-bond acceptors (Lipinski definition) is 2. The van der Waals surface area contributed by atoms with Crippen LogP contribution in [0.15, 0.2) is 78.4 Å². The fourth-order valence-corrected chi connectivity index (χ4v) is 4.81. The van der Waals surface area contributed by atoms with Crippen LogP contribution in [0, 0.1) is 0 Å². The first-order valence-electron chi connectivity index (χ1n) is 9.70. The molecule has 3 N–H and O–H groups in total. The number of H-pyrrole nitrogens is 2. The molecule has 0 aliphatic heterocycles. The van der Waals surface area contributed by atoms with Crippen molar-refractivity contribution in [3.63, 3.8) is 0 Å². The Hall–Kier alpha value is -3.31. The zero-order valence-corrected chi connectivity index (χ0v) is 16.6. The Morgan fingerprint density at radius 1 is 0.897 bits per heavy atom. The van der Waals surface area contributed by atoms with Crippen LogP contribution in [0.1, 0.15) is 21.9 Å². The zero-order valence-electron chi connectivity index (χ0n) is 15.8. The first-order chi connectivity index (χ1) is 14.3. The van der Waals surface area contributed by atoms with E-state index in [1.54, 1.807) is 11.3 Å². The number of thiophene rings is 1. The van der Waals surface area contributed by atoms with Crippen LogP contribution in [0.2, 0.25) is 0 Å². The predicted molar refractivity (Wildman–Crippen MR) is 119 cm³/mol. The molecule has 0 unspecified atom stereocenters. The van der Waals surface area contributed by atoms with E-state index < -0.39 is 0 Å². The summed E-state index contributed by atoms with van der Waals surface area (Å²) in [6.07, 6.45) is 4.37. The van der Waals surface area contributed by atoms with Crippen LogP contribution in [0.25, 0.3) is 21.8 Å². The monoisotopic (exact) mass is 399 g/mol. The van der Waals surface area contributed by atoms with Gasteiger partial charge in [0.15, 0.2) is 0 Å². The average molecular weight is 400 g/mol. The topological polar surface area (TPSA) is 60.7 Å². The van der Waals surface area contributed by atoms with Gasteiger partial charge in [0, 0.05) is 51.5 Å². The molecule has 0 radical (unpaired) electrons. The maximum Gasteiger partial charge on any atom is 0.224 e. The van der Waals surface area contributed by atoms with Crippen LogP contribution in [0.3, 0.4) is 0 Å². The summed E-state index contributed by atoms with van der Waals surface area (Å²) in [5.41, 5.74) is 4.42. The molecule has 0 aliphatic rings. The largest absolute Gasteiger partial charge is 0.361 e. The molecular formula is C24H21N3OS. The van der Waals surface area contributed by atoms with Gasteiger partial charge in [0.1, 0.15) is 0 Å². The molecule has 29 heavy (non-hydrogen) atoms. The lowest BCUT2D eigenvalue weighted by molar-refractivity contribution is -0.120. The number of fused-ring (bicyclic) bond motifs is 2. The normalized spacial score (nSPS) is 12.4. The second-order valence-electron chi connectivity index (χ2n) is 7.20. The number of carbonyl (C=O) groups is 1. The first kappa shape index (κ1) is 17.8. The van der Waals surface area contributed by atoms with Gasteiger partial charge in [0.2, 0.25) is 5.91 Å². The average Bonchev–Trinajstić information content (AvgIpc) is 3.49. The van der Waals surface area contributed by atoms with Crippen molar-refractivity contribution in [1.82, 2.24) is 15.3 Å². The van der Waals surface area contributed by atoms with Gasteiger partial charge in [-0.1, -0.05) is 42.5 Å². The van der Waals surface area contributed by atoms with Gasteiger partial charge in [-0.3, -0.25) is 4.79 Å². The van der Waals surface area contributed by atoms with Crippen LogP contribution < -0.4 is 5.32 Å². The van der Waals surface area contributed by atoms with Gasteiger partial charge in [-0.2, -0.15) is 0 Å². The highest BCUT2D eigenvalue weighted by atomic mass is 32.1. The number of amides is 1. The molecule has 0 bridgehead atoms. The lowest BCUT2D eigenvalue weighted by Gasteiger charge is -2.16. The van der Waals surface area contributed by atoms with Crippen molar-refractivity contribution in [1.29, 1.82) is 0 Å². The van der Waals surface area contributed by atoms with Crippen molar-refractivity contribution < 1.29 is 4.79 Å². The fourth-order valence-electron chi connectivity index (χ4n) is 3.96. The lowest BCUT2D eigenvalue weighted by Crippen LogP contribution is -2.29. The summed E-state index contributed by atoms with van der Waals surface area (Å²) in [6, 6.07) is 20.6. The molecule has 3 aromatic heterocycles. The summed E-state index contributed by atoms with van der Waals surface area (Å²) in [7, 11) is 0. The molecule has 1 atom stereocenters. The minimum atomic E-state index is 0.0381. The molecule has 0 fully saturated rings. The highest BCUT2D eigenvalue weighted by Crippen LogP contribution is 2.32. The Morgan fingerprint density at radius 3 is 2.41 bits per heavy atom. The second-order valence-corrected chi connectivity index (χ2v) is 8.18. The Labute approximate surface area is 172 Å². The molecule has 0 saturated heterocycles. The quantitative estimate of drug-likeness (QED) is 0.361. The standard InChI is InChI=1S/C24H21N3OS/c28-24(12-16-13-25-21-8-3-1-6-17(16)21)27-15-20(23-10-5-11-29-23)19-14-26-22-9-4-2-7-18(19)22/h1-11,13-14,20,25-26H,12,15H2,(H,27,28)/t20-/m0/s1. The number of aromatic nitrogens is 2. The van der Waals surface area contributed by atoms with Gasteiger partial charge in [0.25, 0.3) is 0 Å². The van der Waals surface area contributed by atoms with E-state index in [0.29, 0.717) is 13.0 Å². The number of hydrogen-bond donors (Lipinski definition) is 3. The number of rotatable bonds is 6. The van der Waals surface area contributed by atoms with E-state index in [4.69, 9.17) is 0 Å². The van der Waals surface area contributed by atoms with Gasteiger partial charge in [-0.05, 0) is 34.7 Å². The van der Waals surface area contributed by atoms with Crippen molar-refractivity contribution in [2.45, 2.75) is 12.3 Å². The lowest BCUT2D eigenvalue weighted by atomic mass is 9.96. The zero-order chi connectivity index (χ0) is 19.6. The van der Waals surface area contributed by atoms with E-state index in [1.165, 1.54) is 15.8 Å². The molecule has 0 saturated carbocycles. The fraction of sp³-hybridized carbons (Fsp3) is 0.125. The van der Waals surface area contributed by atoms with Crippen LogP contribution in [0.4, 0.5) is 0 Å². The van der Waals surface area contributed by atoms with Gasteiger partial charge in [-0.25, -0.2) is 0 Å². The maximum atomic E-state index is 12.7. The molecular weight excluding hydrogens is 378 g/mol. The third-order valence-corrected chi connectivity index (χ3v) is 6.40. The van der Waals surface area contributed by atoms with Crippen molar-refractivity contribution in [3.05, 3.63) is 94.4 Å². The van der Waals surface area contributed by atoms with Gasteiger partial charge >= 0.3 is 0 Å². The first-order valence-corrected chi connectivity index (χ1v) is 10.6. The SMILES string of the molecule is O=C(Cc1c[nH]c2ccccc12)NC[C@H](c1cccs1)c1c[nH]c2ccccc12. The Balaban J connectivity index is 1.37. The summed E-state index contributed by atoms with van der Waals surface area (Å²) in [5, 5.41) is 7.57. The van der Waals surface area contributed by atoms with E-state index in [0.717, 1.165) is 22.0 Å². The number of benzene rings is 2. The van der Waals surface area contributed by atoms with E-state index in [2.05, 4.69) is 63.3 Å². The minimum Gasteiger partial charge on any atom is -0.361 e. The number of carbonyl (C=O) groups excluding carboxylic acids is 1. The van der Waals surface area contributed by atoms with E-state index in [9.17, 15) is 4.79 Å². The molecule has 0 spiro atoms. The van der Waals surface area contributed by atoms with Crippen molar-refractivity contribution in [3.8, 4) is 0 Å². The van der Waals surface area contributed by atoms with Crippen molar-refractivity contribution in [2.75, 3.05) is 6.54 Å².